The van der Waals surface area contributed by atoms with E-state index in [2.05, 4.69) is 20.2 Å². The molecule has 0 atom stereocenters. The second kappa shape index (κ2) is 6.95. The largest absolute Gasteiger partial charge is 0.296 e. The summed E-state index contributed by atoms with van der Waals surface area (Å²) in [7, 11) is -3.17. The van der Waals surface area contributed by atoms with Gasteiger partial charge in [-0.2, -0.15) is 0 Å². The van der Waals surface area contributed by atoms with Gasteiger partial charge in [0.2, 0.25) is 15.2 Å². The number of nitrogens with zero attached hydrogens (tertiary/aromatic N) is 2. The number of carbonyl (C=O) groups excluding carboxylic acids is 1. The van der Waals surface area contributed by atoms with E-state index in [1.165, 1.54) is 11.3 Å². The Morgan fingerprint density at radius 3 is 2.45 bits per heavy atom. The van der Waals surface area contributed by atoms with Crippen LogP contribution in [0.5, 0.6) is 0 Å². The van der Waals surface area contributed by atoms with Crippen molar-refractivity contribution in [2.75, 3.05) is 18.1 Å². The third-order valence-electron chi connectivity index (χ3n) is 2.74. The van der Waals surface area contributed by atoms with Gasteiger partial charge in [0.25, 0.3) is 5.91 Å². The van der Waals surface area contributed by atoms with Crippen LogP contribution in [0.1, 0.15) is 20.9 Å². The number of aromatic nitrogens is 2. The van der Waals surface area contributed by atoms with Crippen molar-refractivity contribution in [3.8, 4) is 0 Å². The van der Waals surface area contributed by atoms with Gasteiger partial charge in [-0.1, -0.05) is 23.5 Å². The molecule has 0 saturated heterocycles. The first kappa shape index (κ1) is 16.5. The van der Waals surface area contributed by atoms with Gasteiger partial charge in [-0.15, -0.1) is 10.2 Å². The summed E-state index contributed by atoms with van der Waals surface area (Å²) in [5, 5.41) is 11.6. The Morgan fingerprint density at radius 1 is 1.23 bits per heavy atom. The summed E-state index contributed by atoms with van der Waals surface area (Å²) in [5.74, 6) is -0.253. The number of sulfonamides is 1. The zero-order valence-corrected chi connectivity index (χ0v) is 13.8. The maximum atomic E-state index is 12.0. The minimum atomic E-state index is -3.17. The van der Waals surface area contributed by atoms with Crippen LogP contribution in [0, 0.1) is 6.92 Å². The first-order chi connectivity index (χ1) is 10.3. The molecule has 1 heterocycles. The minimum Gasteiger partial charge on any atom is -0.296 e. The lowest BCUT2D eigenvalue weighted by Gasteiger charge is -2.05. The standard InChI is InChI=1S/C13H16N4O3S2/c1-9-16-17-13(21-9)15-12(18)11-5-3-10(4-6-11)7-8-14-22(2,19)20/h3-6,14H,7-8H2,1-2H3,(H,15,17,18). The Balaban J connectivity index is 1.92. The molecule has 2 rings (SSSR count). The van der Waals surface area contributed by atoms with Crippen molar-refractivity contribution in [2.24, 2.45) is 0 Å². The summed E-state index contributed by atoms with van der Waals surface area (Å²) >= 11 is 1.31. The molecule has 0 bridgehead atoms. The highest BCUT2D eigenvalue weighted by atomic mass is 32.2. The zero-order chi connectivity index (χ0) is 16.2. The Kier molecular flexibility index (Phi) is 5.22. The fourth-order valence-electron chi connectivity index (χ4n) is 1.72. The second-order valence-electron chi connectivity index (χ2n) is 4.69. The van der Waals surface area contributed by atoms with Crippen LogP contribution >= 0.6 is 11.3 Å². The number of amides is 1. The molecule has 7 nitrogen and oxygen atoms in total. The molecule has 22 heavy (non-hydrogen) atoms. The molecule has 9 heteroatoms. The van der Waals surface area contributed by atoms with E-state index in [1.54, 1.807) is 24.3 Å². The van der Waals surface area contributed by atoms with Crippen molar-refractivity contribution in [1.29, 1.82) is 0 Å². The highest BCUT2D eigenvalue weighted by Gasteiger charge is 2.09. The Bertz CT molecular complexity index is 754. The van der Waals surface area contributed by atoms with Crippen LogP contribution < -0.4 is 10.0 Å². The Labute approximate surface area is 132 Å². The van der Waals surface area contributed by atoms with Crippen LogP contribution in [0.3, 0.4) is 0 Å². The van der Waals surface area contributed by atoms with E-state index in [1.807, 2.05) is 6.92 Å². The topological polar surface area (TPSA) is 101 Å². The smallest absolute Gasteiger partial charge is 0.257 e. The van der Waals surface area contributed by atoms with Gasteiger partial charge >= 0.3 is 0 Å². The predicted molar refractivity (Wildman–Crippen MR) is 85.6 cm³/mol. The van der Waals surface area contributed by atoms with Crippen LogP contribution in [0.4, 0.5) is 5.13 Å². The number of carbonyl (C=O) groups is 1. The van der Waals surface area contributed by atoms with Crippen LogP contribution in [-0.2, 0) is 16.4 Å². The van der Waals surface area contributed by atoms with Crippen molar-refractivity contribution >= 4 is 32.4 Å². The van der Waals surface area contributed by atoms with Gasteiger partial charge in [0.1, 0.15) is 5.01 Å². The summed E-state index contributed by atoms with van der Waals surface area (Å²) in [6.07, 6.45) is 1.68. The zero-order valence-electron chi connectivity index (χ0n) is 12.2. The summed E-state index contributed by atoms with van der Waals surface area (Å²) in [6, 6.07) is 6.98. The van der Waals surface area contributed by atoms with E-state index in [0.717, 1.165) is 16.8 Å². The molecule has 0 spiro atoms. The van der Waals surface area contributed by atoms with Crippen molar-refractivity contribution in [3.05, 3.63) is 40.4 Å². The highest BCUT2D eigenvalue weighted by Crippen LogP contribution is 2.15. The molecule has 1 aromatic carbocycles. The summed E-state index contributed by atoms with van der Waals surface area (Å²) in [6.45, 7) is 2.14. The van der Waals surface area contributed by atoms with Crippen molar-refractivity contribution in [2.45, 2.75) is 13.3 Å². The lowest BCUT2D eigenvalue weighted by molar-refractivity contribution is 0.102. The fourth-order valence-corrected chi connectivity index (χ4v) is 2.78. The van der Waals surface area contributed by atoms with Crippen molar-refractivity contribution in [3.63, 3.8) is 0 Å². The van der Waals surface area contributed by atoms with Crippen molar-refractivity contribution < 1.29 is 13.2 Å². The van der Waals surface area contributed by atoms with Crippen LogP contribution in [0.15, 0.2) is 24.3 Å². The second-order valence-corrected chi connectivity index (χ2v) is 7.71. The molecular formula is C13H16N4O3S2. The first-order valence-electron chi connectivity index (χ1n) is 6.48. The number of hydrogen-bond donors (Lipinski definition) is 2. The number of benzene rings is 1. The SMILES string of the molecule is Cc1nnc(NC(=O)c2ccc(CCNS(C)(=O)=O)cc2)s1. The molecule has 2 aromatic rings. The number of hydrogen-bond acceptors (Lipinski definition) is 6. The quantitative estimate of drug-likeness (QED) is 0.822. The monoisotopic (exact) mass is 340 g/mol. The fraction of sp³-hybridized carbons (Fsp3) is 0.308. The molecule has 1 amide bonds. The van der Waals surface area contributed by atoms with E-state index in [0.29, 0.717) is 23.7 Å². The molecule has 0 unspecified atom stereocenters. The number of nitrogens with one attached hydrogen (secondary N) is 2. The average Bonchev–Trinajstić information content (AvgIpc) is 2.83. The molecule has 118 valence electrons. The van der Waals surface area contributed by atoms with E-state index in [-0.39, 0.29) is 5.91 Å². The number of aryl methyl sites for hydroxylation is 1. The molecule has 0 saturated carbocycles. The summed E-state index contributed by atoms with van der Waals surface area (Å²) in [5.41, 5.74) is 1.45. The molecule has 0 radical (unpaired) electrons. The molecule has 0 aliphatic carbocycles. The van der Waals surface area contributed by atoms with Gasteiger partial charge in [0.15, 0.2) is 0 Å². The van der Waals surface area contributed by atoms with E-state index in [4.69, 9.17) is 0 Å². The molecule has 0 aliphatic rings. The molecule has 1 aromatic heterocycles. The summed E-state index contributed by atoms with van der Waals surface area (Å²) in [4.78, 5) is 12.0. The van der Waals surface area contributed by atoms with E-state index >= 15 is 0 Å². The summed E-state index contributed by atoms with van der Waals surface area (Å²) < 4.78 is 24.4. The third kappa shape index (κ3) is 5.17. The maximum Gasteiger partial charge on any atom is 0.257 e. The normalized spacial score (nSPS) is 11.4. The lowest BCUT2D eigenvalue weighted by atomic mass is 10.1. The van der Waals surface area contributed by atoms with Gasteiger partial charge in [0.05, 0.1) is 6.26 Å². The van der Waals surface area contributed by atoms with Gasteiger partial charge in [-0.3, -0.25) is 10.1 Å². The van der Waals surface area contributed by atoms with Crippen LogP contribution in [0.2, 0.25) is 0 Å². The minimum absolute atomic E-state index is 0.253. The molecule has 2 N–H and O–H groups in total. The Hall–Kier alpha value is -1.84. The number of anilines is 1. The average molecular weight is 340 g/mol. The van der Waals surface area contributed by atoms with Gasteiger partial charge in [-0.25, -0.2) is 13.1 Å². The van der Waals surface area contributed by atoms with Crippen molar-refractivity contribution in [1.82, 2.24) is 14.9 Å². The van der Waals surface area contributed by atoms with Gasteiger partial charge in [0, 0.05) is 12.1 Å². The maximum absolute atomic E-state index is 12.0. The predicted octanol–water partition coefficient (Wildman–Crippen LogP) is 1.19. The van der Waals surface area contributed by atoms with Crippen LogP contribution in [0.25, 0.3) is 0 Å². The molecular weight excluding hydrogens is 324 g/mol. The van der Waals surface area contributed by atoms with E-state index in [9.17, 15) is 13.2 Å². The number of rotatable bonds is 6. The van der Waals surface area contributed by atoms with E-state index < -0.39 is 10.0 Å². The molecule has 0 aliphatic heterocycles. The Morgan fingerprint density at radius 2 is 1.91 bits per heavy atom. The molecule has 0 fully saturated rings. The lowest BCUT2D eigenvalue weighted by Crippen LogP contribution is -2.24. The highest BCUT2D eigenvalue weighted by molar-refractivity contribution is 7.88. The van der Waals surface area contributed by atoms with Gasteiger partial charge < -0.3 is 0 Å². The third-order valence-corrected chi connectivity index (χ3v) is 4.22. The van der Waals surface area contributed by atoms with Crippen LogP contribution in [-0.4, -0.2) is 37.3 Å². The first-order valence-corrected chi connectivity index (χ1v) is 9.19. The van der Waals surface area contributed by atoms with Gasteiger partial charge in [-0.05, 0) is 31.0 Å².